The molecule has 7 nitrogen and oxygen atoms in total. The maximum absolute atomic E-state index is 12.6. The van der Waals surface area contributed by atoms with Gasteiger partial charge in [-0.3, -0.25) is 4.90 Å². The second-order valence-corrected chi connectivity index (χ2v) is 11.0. The van der Waals surface area contributed by atoms with Gasteiger partial charge in [0.2, 0.25) is 10.0 Å². The Bertz CT molecular complexity index is 1150. The first-order valence-corrected chi connectivity index (χ1v) is 12.8. The first-order chi connectivity index (χ1) is 14.8. The second-order valence-electron chi connectivity index (χ2n) is 7.64. The van der Waals surface area contributed by atoms with Gasteiger partial charge in [0, 0.05) is 67.0 Å². The largest absolute Gasteiger partial charge is 0.369 e. The highest BCUT2D eigenvalue weighted by Crippen LogP contribution is 2.29. The van der Waals surface area contributed by atoms with Gasteiger partial charge in [-0.05, 0) is 37.6 Å². The zero-order valence-corrected chi connectivity index (χ0v) is 19.9. The number of hydrogen-bond donors (Lipinski definition) is 1. The number of aromatic nitrogens is 1. The second kappa shape index (κ2) is 9.30. The van der Waals surface area contributed by atoms with Crippen LogP contribution in [0.25, 0.3) is 11.3 Å². The average molecular weight is 481 g/mol. The molecule has 1 aliphatic rings. The van der Waals surface area contributed by atoms with Crippen molar-refractivity contribution in [3.8, 4) is 11.3 Å². The van der Waals surface area contributed by atoms with Gasteiger partial charge in [0.25, 0.3) is 0 Å². The monoisotopic (exact) mass is 480 g/mol. The van der Waals surface area contributed by atoms with Crippen LogP contribution in [0.15, 0.2) is 44.4 Å². The number of aryl methyl sites for hydroxylation is 2. The van der Waals surface area contributed by atoms with E-state index in [1.807, 2.05) is 25.1 Å². The molecular formula is C21H25ClN4O3S2. The van der Waals surface area contributed by atoms with Crippen molar-refractivity contribution in [2.24, 2.45) is 0 Å². The topological polar surface area (TPSA) is 78.7 Å². The number of hydrogen-bond acceptors (Lipinski definition) is 7. The number of anilines is 1. The van der Waals surface area contributed by atoms with E-state index in [1.165, 1.54) is 22.6 Å². The SMILES string of the molecule is Cc1cc(-c2csc(S(=O)(=O)NCCN3CCN(c4cc(Cl)ccc4C)CC3)c2)on1. The number of benzene rings is 1. The quantitative estimate of drug-likeness (QED) is 0.554. The van der Waals surface area contributed by atoms with E-state index in [4.69, 9.17) is 16.1 Å². The lowest BCUT2D eigenvalue weighted by Gasteiger charge is -2.36. The van der Waals surface area contributed by atoms with Crippen molar-refractivity contribution >= 4 is 38.6 Å². The molecule has 0 radical (unpaired) electrons. The summed E-state index contributed by atoms with van der Waals surface area (Å²) in [7, 11) is -3.55. The molecule has 3 heterocycles. The van der Waals surface area contributed by atoms with Crippen molar-refractivity contribution in [2.75, 3.05) is 44.2 Å². The van der Waals surface area contributed by atoms with E-state index in [0.29, 0.717) is 18.8 Å². The average Bonchev–Trinajstić information content (AvgIpc) is 3.40. The summed E-state index contributed by atoms with van der Waals surface area (Å²) in [5.74, 6) is 0.572. The molecule has 1 aromatic carbocycles. The Morgan fingerprint density at radius 2 is 1.94 bits per heavy atom. The molecule has 0 saturated carbocycles. The zero-order chi connectivity index (χ0) is 22.0. The number of nitrogens with one attached hydrogen (secondary N) is 1. The van der Waals surface area contributed by atoms with Crippen LogP contribution >= 0.6 is 22.9 Å². The Kier molecular flexibility index (Phi) is 6.68. The van der Waals surface area contributed by atoms with Crippen molar-refractivity contribution in [1.29, 1.82) is 0 Å². The summed E-state index contributed by atoms with van der Waals surface area (Å²) in [6.45, 7) is 8.48. The van der Waals surface area contributed by atoms with Crippen LogP contribution < -0.4 is 9.62 Å². The predicted octanol–water partition coefficient (Wildman–Crippen LogP) is 3.77. The van der Waals surface area contributed by atoms with Crippen molar-refractivity contribution in [3.63, 3.8) is 0 Å². The summed E-state index contributed by atoms with van der Waals surface area (Å²) in [5, 5.41) is 6.36. The number of nitrogens with zero attached hydrogens (tertiary/aromatic N) is 3. The number of sulfonamides is 1. The summed E-state index contributed by atoms with van der Waals surface area (Å²) in [6, 6.07) is 9.37. The molecule has 31 heavy (non-hydrogen) atoms. The number of rotatable bonds is 7. The van der Waals surface area contributed by atoms with Gasteiger partial charge in [-0.2, -0.15) is 0 Å². The van der Waals surface area contributed by atoms with E-state index >= 15 is 0 Å². The van der Waals surface area contributed by atoms with Crippen LogP contribution in [0.5, 0.6) is 0 Å². The smallest absolute Gasteiger partial charge is 0.250 e. The molecule has 1 N–H and O–H groups in total. The van der Waals surface area contributed by atoms with Crippen molar-refractivity contribution < 1.29 is 12.9 Å². The molecule has 0 atom stereocenters. The molecule has 10 heteroatoms. The molecule has 166 valence electrons. The Morgan fingerprint density at radius 3 is 2.65 bits per heavy atom. The Morgan fingerprint density at radius 1 is 1.16 bits per heavy atom. The lowest BCUT2D eigenvalue weighted by molar-refractivity contribution is 0.262. The first kappa shape index (κ1) is 22.3. The molecule has 0 bridgehead atoms. The highest BCUT2D eigenvalue weighted by atomic mass is 35.5. The van der Waals surface area contributed by atoms with Crippen molar-refractivity contribution in [1.82, 2.24) is 14.8 Å². The van der Waals surface area contributed by atoms with Gasteiger partial charge in [-0.25, -0.2) is 13.1 Å². The summed E-state index contributed by atoms with van der Waals surface area (Å²) in [6.07, 6.45) is 0. The van der Waals surface area contributed by atoms with Crippen molar-refractivity contribution in [2.45, 2.75) is 18.1 Å². The van der Waals surface area contributed by atoms with E-state index in [2.05, 4.69) is 26.6 Å². The van der Waals surface area contributed by atoms with E-state index in [0.717, 1.165) is 42.5 Å². The van der Waals surface area contributed by atoms with Gasteiger partial charge in [0.05, 0.1) is 5.69 Å². The van der Waals surface area contributed by atoms with Gasteiger partial charge in [0.15, 0.2) is 5.76 Å². The predicted molar refractivity (Wildman–Crippen MR) is 125 cm³/mol. The third-order valence-corrected chi connectivity index (χ3v) is 8.49. The standard InChI is InChI=1S/C21H25ClN4O3S2/c1-15-3-4-18(22)13-19(15)26-9-7-25(8-10-26)6-5-23-31(27,28)21-12-17(14-30-21)20-11-16(2)24-29-20/h3-4,11-14,23H,5-10H2,1-2H3. The minimum absolute atomic E-state index is 0.276. The van der Waals surface area contributed by atoms with Crippen molar-refractivity contribution in [3.05, 3.63) is 52.0 Å². The molecule has 3 aromatic rings. The van der Waals surface area contributed by atoms with Crippen LogP contribution in [-0.4, -0.2) is 57.7 Å². The normalized spacial score (nSPS) is 15.5. The maximum Gasteiger partial charge on any atom is 0.250 e. The summed E-state index contributed by atoms with van der Waals surface area (Å²) >= 11 is 7.33. The fourth-order valence-corrected chi connectivity index (χ4v) is 6.03. The molecule has 1 fully saturated rings. The van der Waals surface area contributed by atoms with Crippen LogP contribution in [0.4, 0.5) is 5.69 Å². The van der Waals surface area contributed by atoms with Crippen LogP contribution in [0.1, 0.15) is 11.3 Å². The third-order valence-electron chi connectivity index (χ3n) is 5.36. The van der Waals surface area contributed by atoms with E-state index in [-0.39, 0.29) is 4.21 Å². The first-order valence-electron chi connectivity index (χ1n) is 10.1. The van der Waals surface area contributed by atoms with Gasteiger partial charge < -0.3 is 9.42 Å². The van der Waals surface area contributed by atoms with E-state index in [9.17, 15) is 8.42 Å². The van der Waals surface area contributed by atoms with Gasteiger partial charge in [0.1, 0.15) is 4.21 Å². The van der Waals surface area contributed by atoms with Crippen LogP contribution in [-0.2, 0) is 10.0 Å². The summed E-state index contributed by atoms with van der Waals surface area (Å²) in [4.78, 5) is 4.61. The maximum atomic E-state index is 12.6. The lowest BCUT2D eigenvalue weighted by atomic mass is 10.1. The minimum atomic E-state index is -3.55. The third kappa shape index (κ3) is 5.30. The van der Waals surface area contributed by atoms with Crippen LogP contribution in [0, 0.1) is 13.8 Å². The molecule has 4 rings (SSSR count). The Labute approximate surface area is 191 Å². The Balaban J connectivity index is 1.28. The molecule has 0 aliphatic carbocycles. The van der Waals surface area contributed by atoms with Gasteiger partial charge in [-0.1, -0.05) is 22.8 Å². The zero-order valence-electron chi connectivity index (χ0n) is 17.5. The molecule has 1 aliphatic heterocycles. The molecule has 0 unspecified atom stereocenters. The number of piperazine rings is 1. The highest BCUT2D eigenvalue weighted by molar-refractivity contribution is 7.91. The molecule has 1 saturated heterocycles. The fraction of sp³-hybridized carbons (Fsp3) is 0.381. The molecule has 2 aromatic heterocycles. The summed E-state index contributed by atoms with van der Waals surface area (Å²) < 4.78 is 33.5. The molecular weight excluding hydrogens is 456 g/mol. The van der Waals surface area contributed by atoms with Gasteiger partial charge >= 0.3 is 0 Å². The van der Waals surface area contributed by atoms with E-state index in [1.54, 1.807) is 17.5 Å². The number of thiophene rings is 1. The van der Waals surface area contributed by atoms with Crippen LogP contribution in [0.2, 0.25) is 5.02 Å². The van der Waals surface area contributed by atoms with Crippen LogP contribution in [0.3, 0.4) is 0 Å². The summed E-state index contributed by atoms with van der Waals surface area (Å²) in [5.41, 5.74) is 3.86. The van der Waals surface area contributed by atoms with E-state index < -0.39 is 10.0 Å². The fourth-order valence-electron chi connectivity index (χ4n) is 3.63. The number of halogens is 1. The highest BCUT2D eigenvalue weighted by Gasteiger charge is 2.21. The molecule has 0 amide bonds. The Hall–Kier alpha value is -1.91. The lowest BCUT2D eigenvalue weighted by Crippen LogP contribution is -2.48. The minimum Gasteiger partial charge on any atom is -0.369 e. The molecule has 0 spiro atoms. The van der Waals surface area contributed by atoms with Gasteiger partial charge in [-0.15, -0.1) is 11.3 Å².